The van der Waals surface area contributed by atoms with Gasteiger partial charge in [0, 0.05) is 54.6 Å². The van der Waals surface area contributed by atoms with Gasteiger partial charge in [0.1, 0.15) is 5.82 Å². The van der Waals surface area contributed by atoms with E-state index < -0.39 is 0 Å². The van der Waals surface area contributed by atoms with E-state index in [0.29, 0.717) is 24.1 Å². The van der Waals surface area contributed by atoms with Crippen LogP contribution in [0, 0.1) is 6.92 Å². The molecule has 0 unspecified atom stereocenters. The first-order valence-electron chi connectivity index (χ1n) is 12.6. The van der Waals surface area contributed by atoms with Gasteiger partial charge in [-0.25, -0.2) is 4.98 Å². The van der Waals surface area contributed by atoms with Gasteiger partial charge in [-0.05, 0) is 69.8 Å². The average Bonchev–Trinajstić information content (AvgIpc) is 3.36. The number of anilines is 4. The van der Waals surface area contributed by atoms with E-state index in [1.807, 2.05) is 37.3 Å². The van der Waals surface area contributed by atoms with Crippen LogP contribution in [0.15, 0.2) is 36.4 Å². The minimum Gasteiger partial charge on any atom is -0.355 e. The molecule has 1 aliphatic heterocycles. The molecule has 9 nitrogen and oxygen atoms in total. The number of hydrogen-bond donors (Lipinski definition) is 4. The van der Waals surface area contributed by atoms with E-state index in [4.69, 9.17) is 0 Å². The summed E-state index contributed by atoms with van der Waals surface area (Å²) in [6, 6.07) is 12.0. The summed E-state index contributed by atoms with van der Waals surface area (Å²) in [6.45, 7) is 5.95. The van der Waals surface area contributed by atoms with Crippen LogP contribution in [0.5, 0.6) is 0 Å². The zero-order chi connectivity index (χ0) is 24.0. The Morgan fingerprint density at radius 2 is 1.86 bits per heavy atom. The first-order chi connectivity index (χ1) is 17.1. The molecule has 0 bridgehead atoms. The van der Waals surface area contributed by atoms with Crippen molar-refractivity contribution >= 4 is 29.2 Å². The van der Waals surface area contributed by atoms with Crippen molar-refractivity contribution in [3.63, 3.8) is 0 Å². The van der Waals surface area contributed by atoms with Gasteiger partial charge in [-0.3, -0.25) is 9.89 Å². The normalized spacial score (nSPS) is 15.8. The van der Waals surface area contributed by atoms with Crippen LogP contribution >= 0.6 is 0 Å². The number of aromatic amines is 1. The molecule has 2 aliphatic rings. The monoisotopic (exact) mass is 474 g/mol. The molecule has 3 aromatic rings. The molecule has 1 amide bonds. The molecule has 0 radical (unpaired) electrons. The van der Waals surface area contributed by atoms with Gasteiger partial charge in [-0.2, -0.15) is 10.1 Å². The largest absolute Gasteiger partial charge is 0.355 e. The summed E-state index contributed by atoms with van der Waals surface area (Å²) in [5.74, 6) is 2.72. The van der Waals surface area contributed by atoms with Gasteiger partial charge in [0.15, 0.2) is 5.82 Å². The third-order valence-electron chi connectivity index (χ3n) is 6.52. The van der Waals surface area contributed by atoms with Crippen LogP contribution in [0.25, 0.3) is 0 Å². The molecule has 0 atom stereocenters. The molecule has 9 heteroatoms. The SMILES string of the molecule is Cc1cc(Nc2cc(C3CC3)[nH]n2)nc(Nc2ccc(CCC(=O)NCCN3CCCC3)cc2)n1. The zero-order valence-corrected chi connectivity index (χ0v) is 20.3. The smallest absolute Gasteiger partial charge is 0.229 e. The van der Waals surface area contributed by atoms with Gasteiger partial charge in [0.25, 0.3) is 0 Å². The summed E-state index contributed by atoms with van der Waals surface area (Å²) < 4.78 is 0. The Balaban J connectivity index is 1.10. The Bertz CT molecular complexity index is 1130. The Labute approximate surface area is 206 Å². The van der Waals surface area contributed by atoms with Crippen molar-refractivity contribution in [1.29, 1.82) is 0 Å². The number of carbonyl (C=O) groups excluding carboxylic acids is 1. The van der Waals surface area contributed by atoms with Gasteiger partial charge in [0.05, 0.1) is 0 Å². The van der Waals surface area contributed by atoms with Crippen molar-refractivity contribution in [1.82, 2.24) is 30.4 Å². The highest BCUT2D eigenvalue weighted by Crippen LogP contribution is 2.39. The third kappa shape index (κ3) is 6.79. The molecule has 3 heterocycles. The number of carbonyl (C=O) groups is 1. The highest BCUT2D eigenvalue weighted by atomic mass is 16.1. The Hall–Kier alpha value is -3.46. The van der Waals surface area contributed by atoms with E-state index in [9.17, 15) is 4.79 Å². The highest BCUT2D eigenvalue weighted by Gasteiger charge is 2.25. The van der Waals surface area contributed by atoms with Crippen molar-refractivity contribution in [2.75, 3.05) is 36.8 Å². The second-order valence-electron chi connectivity index (χ2n) is 9.55. The van der Waals surface area contributed by atoms with E-state index in [-0.39, 0.29) is 5.91 Å². The van der Waals surface area contributed by atoms with E-state index in [2.05, 4.69) is 47.1 Å². The van der Waals surface area contributed by atoms with Crippen LogP contribution in [-0.4, -0.2) is 57.2 Å². The topological polar surface area (TPSA) is 111 Å². The lowest BCUT2D eigenvalue weighted by Gasteiger charge is -2.14. The van der Waals surface area contributed by atoms with Crippen LogP contribution in [0.2, 0.25) is 0 Å². The summed E-state index contributed by atoms with van der Waals surface area (Å²) in [7, 11) is 0. The van der Waals surface area contributed by atoms with Crippen molar-refractivity contribution in [3.8, 4) is 0 Å². The molecule has 184 valence electrons. The minimum atomic E-state index is 0.112. The summed E-state index contributed by atoms with van der Waals surface area (Å²) >= 11 is 0. The first kappa shape index (κ1) is 23.3. The lowest BCUT2D eigenvalue weighted by atomic mass is 10.1. The number of likely N-dealkylation sites (tertiary alicyclic amines) is 1. The maximum atomic E-state index is 12.2. The highest BCUT2D eigenvalue weighted by molar-refractivity contribution is 5.76. The quantitative estimate of drug-likeness (QED) is 0.332. The number of benzene rings is 1. The van der Waals surface area contributed by atoms with Gasteiger partial charge < -0.3 is 20.9 Å². The van der Waals surface area contributed by atoms with Crippen LogP contribution < -0.4 is 16.0 Å². The standard InChI is InChI=1S/C26H34N8O/c1-18-16-23(30-24-17-22(32-33-24)20-7-8-20)31-26(28-18)29-21-9-4-19(5-10-21)6-11-25(35)27-12-15-34-13-2-3-14-34/h4-5,9-10,16-17,20H,2-3,6-8,11-15H2,1H3,(H,27,35)(H3,28,29,30,31,32,33). The third-order valence-corrected chi connectivity index (χ3v) is 6.52. The minimum absolute atomic E-state index is 0.112. The Morgan fingerprint density at radius 3 is 2.63 bits per heavy atom. The first-order valence-corrected chi connectivity index (χ1v) is 12.6. The molecule has 1 aromatic carbocycles. The van der Waals surface area contributed by atoms with Gasteiger partial charge in [0.2, 0.25) is 11.9 Å². The predicted octanol–water partition coefficient (Wildman–Crippen LogP) is 4.02. The van der Waals surface area contributed by atoms with Crippen LogP contribution in [0.1, 0.15) is 55.0 Å². The number of amides is 1. The maximum Gasteiger partial charge on any atom is 0.229 e. The number of nitrogens with zero attached hydrogens (tertiary/aromatic N) is 4. The second-order valence-corrected chi connectivity index (χ2v) is 9.55. The molecular weight excluding hydrogens is 440 g/mol. The fourth-order valence-corrected chi connectivity index (χ4v) is 4.41. The Kier molecular flexibility index (Phi) is 7.23. The van der Waals surface area contributed by atoms with Gasteiger partial charge in [-0.15, -0.1) is 0 Å². The molecular formula is C26H34N8O. The maximum absolute atomic E-state index is 12.2. The molecule has 1 saturated heterocycles. The number of H-pyrrole nitrogens is 1. The predicted molar refractivity (Wildman–Crippen MR) is 137 cm³/mol. The van der Waals surface area contributed by atoms with E-state index in [1.165, 1.54) is 31.4 Å². The molecule has 1 saturated carbocycles. The fourth-order valence-electron chi connectivity index (χ4n) is 4.41. The lowest BCUT2D eigenvalue weighted by molar-refractivity contribution is -0.121. The number of aromatic nitrogens is 4. The number of aryl methyl sites for hydroxylation is 2. The van der Waals surface area contributed by atoms with E-state index in [0.717, 1.165) is 55.4 Å². The van der Waals surface area contributed by atoms with Crippen LogP contribution in [-0.2, 0) is 11.2 Å². The van der Waals surface area contributed by atoms with Crippen molar-refractivity contribution < 1.29 is 4.79 Å². The summed E-state index contributed by atoms with van der Waals surface area (Å²) in [4.78, 5) is 23.7. The molecule has 0 spiro atoms. The summed E-state index contributed by atoms with van der Waals surface area (Å²) in [5, 5.41) is 17.0. The molecule has 1 aliphatic carbocycles. The van der Waals surface area contributed by atoms with E-state index in [1.54, 1.807) is 0 Å². The van der Waals surface area contributed by atoms with Gasteiger partial charge >= 0.3 is 0 Å². The molecule has 4 N–H and O–H groups in total. The number of nitrogens with one attached hydrogen (secondary N) is 4. The summed E-state index contributed by atoms with van der Waals surface area (Å²) in [6.07, 6.45) is 6.23. The van der Waals surface area contributed by atoms with Gasteiger partial charge in [-0.1, -0.05) is 12.1 Å². The summed E-state index contributed by atoms with van der Waals surface area (Å²) in [5.41, 5.74) is 4.06. The van der Waals surface area contributed by atoms with Crippen LogP contribution in [0.4, 0.5) is 23.3 Å². The second kappa shape index (κ2) is 10.9. The molecule has 2 fully saturated rings. The molecule has 2 aromatic heterocycles. The van der Waals surface area contributed by atoms with Crippen molar-refractivity contribution in [3.05, 3.63) is 53.3 Å². The number of hydrogen-bond acceptors (Lipinski definition) is 7. The lowest BCUT2D eigenvalue weighted by Crippen LogP contribution is -2.33. The van der Waals surface area contributed by atoms with Crippen molar-refractivity contribution in [2.24, 2.45) is 0 Å². The van der Waals surface area contributed by atoms with Crippen molar-refractivity contribution in [2.45, 2.75) is 51.4 Å². The number of rotatable bonds is 11. The molecule has 5 rings (SSSR count). The van der Waals surface area contributed by atoms with E-state index >= 15 is 0 Å². The Morgan fingerprint density at radius 1 is 1.06 bits per heavy atom. The molecule has 35 heavy (non-hydrogen) atoms. The fraction of sp³-hybridized carbons (Fsp3) is 0.462. The zero-order valence-electron chi connectivity index (χ0n) is 20.3. The van der Waals surface area contributed by atoms with Crippen LogP contribution in [0.3, 0.4) is 0 Å². The average molecular weight is 475 g/mol.